The molecule has 11 heteroatoms. The van der Waals surface area contributed by atoms with Crippen LogP contribution in [-0.4, -0.2) is 33.4 Å². The van der Waals surface area contributed by atoms with Crippen LogP contribution in [-0.2, 0) is 23.1 Å². The Bertz CT molecular complexity index is 453. The van der Waals surface area contributed by atoms with Gasteiger partial charge in [-0.05, 0) is 25.7 Å². The van der Waals surface area contributed by atoms with E-state index in [1.165, 1.54) is 32.1 Å². The fourth-order valence-corrected chi connectivity index (χ4v) is 2.91. The van der Waals surface area contributed by atoms with Crippen molar-refractivity contribution >= 4 is 21.3 Å². The highest BCUT2D eigenvalue weighted by molar-refractivity contribution is 7.38. The summed E-state index contributed by atoms with van der Waals surface area (Å²) in [5.74, 6) is -5.55. The van der Waals surface area contributed by atoms with E-state index in [0.29, 0.717) is 0 Å². The predicted molar refractivity (Wildman–Crippen MR) is 62.3 cm³/mol. The van der Waals surface area contributed by atoms with Crippen LogP contribution in [0.15, 0.2) is 0 Å². The molecule has 1 saturated carbocycles. The molecule has 0 aliphatic heterocycles. The van der Waals surface area contributed by atoms with E-state index in [-0.39, 0.29) is 0 Å². The van der Waals surface area contributed by atoms with Gasteiger partial charge in [0.2, 0.25) is 5.85 Å². The van der Waals surface area contributed by atoms with E-state index in [4.69, 9.17) is 10.2 Å². The second-order valence-electron chi connectivity index (χ2n) is 4.43. The molecule has 0 spiro atoms. The van der Waals surface area contributed by atoms with Crippen LogP contribution in [0.25, 0.3) is 0 Å². The van der Waals surface area contributed by atoms with Gasteiger partial charge < -0.3 is 25.8 Å². The summed E-state index contributed by atoms with van der Waals surface area (Å²) >= 11 is 0. The second kappa shape index (κ2) is 8.44. The van der Waals surface area contributed by atoms with Gasteiger partial charge in [-0.25, -0.2) is 18.3 Å². The first-order valence-electron chi connectivity index (χ1n) is 5.87. The van der Waals surface area contributed by atoms with Gasteiger partial charge >= 0.3 is 15.4 Å². The first kappa shape index (κ1) is 19.1. The average Bonchev–Trinajstić information content (AvgIpc) is 2.37. The Morgan fingerprint density at radius 1 is 1.20 bits per heavy atom. The quantitative estimate of drug-likeness (QED) is 0.530. The maximum Gasteiger partial charge on any atom is 0.358 e. The van der Waals surface area contributed by atoms with Gasteiger partial charge in [0, 0.05) is 0 Å². The number of carboxylic acid groups (broad SMARTS) is 1. The lowest BCUT2D eigenvalue weighted by Gasteiger charge is -2.21. The fourth-order valence-electron chi connectivity index (χ4n) is 1.61. The molecular weight excluding hydrogens is 312 g/mol. The molecule has 0 aromatic rings. The molecule has 2 unspecified atom stereocenters. The minimum absolute atomic E-state index is 0.786. The molecule has 20 heavy (non-hydrogen) atoms. The molecule has 116 valence electrons. The van der Waals surface area contributed by atoms with Crippen LogP contribution in [0.4, 0.5) is 0 Å². The molecule has 0 bridgehead atoms. The van der Waals surface area contributed by atoms with E-state index in [0.717, 1.165) is 6.04 Å². The summed E-state index contributed by atoms with van der Waals surface area (Å²) in [5.41, 5.74) is 4.00. The molecule has 1 fully saturated rings. The number of hydrogen-bond acceptors (Lipinski definition) is 8. The Kier molecular flexibility index (Phi) is 8.08. The molecule has 0 amide bonds. The smallest absolute Gasteiger partial charge is 0.358 e. The van der Waals surface area contributed by atoms with Crippen molar-refractivity contribution in [3.8, 4) is 0 Å². The van der Waals surface area contributed by atoms with Crippen LogP contribution < -0.4 is 10.8 Å². The van der Waals surface area contributed by atoms with Gasteiger partial charge in [0.05, 0.1) is 12.0 Å². The summed E-state index contributed by atoms with van der Waals surface area (Å²) < 4.78 is 40.3. The van der Waals surface area contributed by atoms with Gasteiger partial charge in [-0.1, -0.05) is 6.42 Å². The van der Waals surface area contributed by atoms with Gasteiger partial charge in [-0.15, -0.1) is 0 Å². The van der Waals surface area contributed by atoms with Crippen molar-refractivity contribution in [2.75, 3.05) is 0 Å². The lowest BCUT2D eigenvalue weighted by atomic mass is 9.97. The highest BCUT2D eigenvalue weighted by Gasteiger charge is 2.47. The zero-order chi connectivity index (χ0) is 15.9. The molecule has 1 aliphatic rings. The molecule has 2 atom stereocenters. The van der Waals surface area contributed by atoms with Gasteiger partial charge in [0.25, 0.3) is 5.34 Å². The van der Waals surface area contributed by atoms with E-state index >= 15 is 0 Å². The van der Waals surface area contributed by atoms with Gasteiger partial charge in [0.15, 0.2) is 0 Å². The number of rotatable bonds is 4. The van der Waals surface area contributed by atoms with E-state index in [1.54, 1.807) is 0 Å². The molecule has 1 aliphatic carbocycles. The summed E-state index contributed by atoms with van der Waals surface area (Å²) in [6, 6.07) is 0.786. The maximum atomic E-state index is 10.1. The highest BCUT2D eigenvalue weighted by Crippen LogP contribution is 2.36. The molecule has 9 nitrogen and oxygen atoms in total. The Labute approximate surface area is 115 Å². The topological polar surface area (TPSA) is 177 Å². The third kappa shape index (κ3) is 5.26. The van der Waals surface area contributed by atoms with E-state index in [9.17, 15) is 28.2 Å². The summed E-state index contributed by atoms with van der Waals surface area (Å²) in [6.45, 7) is 0. The van der Waals surface area contributed by atoms with Crippen LogP contribution in [0, 0.1) is 0 Å². The third-order valence-electron chi connectivity index (χ3n) is 2.86. The van der Waals surface area contributed by atoms with Crippen molar-refractivity contribution in [3.63, 3.8) is 0 Å². The summed E-state index contributed by atoms with van der Waals surface area (Å²) in [7, 11) is -7.91. The van der Waals surface area contributed by atoms with E-state index < -0.39 is 32.5 Å². The predicted octanol–water partition coefficient (Wildman–Crippen LogP) is -1.35. The lowest BCUT2D eigenvalue weighted by Crippen LogP contribution is -2.61. The van der Waals surface area contributed by atoms with E-state index in [1.807, 2.05) is 0 Å². The Balaban J connectivity index is 0.000000428. The second-order valence-corrected chi connectivity index (χ2v) is 6.69. The Hall–Kier alpha value is -0.850. The number of carbonyl (C=O) groups excluding carboxylic acids is 1. The standard InChI is InChI=1S/C6H13N.C3H4O8P2/c7-6-4-2-1-3-5-6;4-1(5)3(7,13(10)11)2(6)12(8)9/h6H,1-5,7H2;2,6-7H,(H,4,5). The zero-order valence-corrected chi connectivity index (χ0v) is 12.4. The Morgan fingerprint density at radius 3 is 1.80 bits per heavy atom. The third-order valence-corrected chi connectivity index (χ3v) is 4.82. The van der Waals surface area contributed by atoms with Crippen molar-refractivity contribution in [2.45, 2.75) is 49.3 Å². The number of carboxylic acids is 1. The fraction of sp³-hybridized carbons (Fsp3) is 0.889. The molecule has 0 aromatic heterocycles. The number of aliphatic hydroxyl groups is 2. The molecule has 1 rings (SSSR count). The maximum absolute atomic E-state index is 10.1. The minimum atomic E-state index is -4.10. The average molecular weight is 329 g/mol. The molecule has 0 aromatic carbocycles. The molecule has 0 heterocycles. The normalized spacial score (nSPS) is 19.9. The molecular formula is C9H17NO8P2. The summed E-state index contributed by atoms with van der Waals surface area (Å²) in [4.78, 5) is 10.0. The summed E-state index contributed by atoms with van der Waals surface area (Å²) in [6.07, 6.45) is 7.05. The zero-order valence-electron chi connectivity index (χ0n) is 10.6. The molecule has 5 N–H and O–H groups in total. The van der Waals surface area contributed by atoms with Crippen molar-refractivity contribution in [3.05, 3.63) is 0 Å². The monoisotopic (exact) mass is 329 g/mol. The number of aliphatic hydroxyl groups excluding tert-OH is 1. The van der Waals surface area contributed by atoms with Crippen molar-refractivity contribution in [2.24, 2.45) is 0 Å². The van der Waals surface area contributed by atoms with Crippen LogP contribution in [0.2, 0.25) is 0 Å². The van der Waals surface area contributed by atoms with E-state index in [2.05, 4.69) is 5.73 Å². The van der Waals surface area contributed by atoms with Crippen LogP contribution in [0.3, 0.4) is 0 Å². The summed E-state index contributed by atoms with van der Waals surface area (Å²) in [5, 5.41) is 23.5. The number of aliphatic carboxylic acids is 1. The van der Waals surface area contributed by atoms with Gasteiger partial charge in [-0.2, -0.15) is 0 Å². The number of hydrogen-bond donors (Lipinski definition) is 3. The van der Waals surface area contributed by atoms with Gasteiger partial charge in [-0.3, -0.25) is 0 Å². The first-order valence-corrected chi connectivity index (χ1v) is 8.29. The highest BCUT2D eigenvalue weighted by atomic mass is 31.1. The first-order chi connectivity index (χ1) is 9.13. The van der Waals surface area contributed by atoms with Crippen LogP contribution in [0.5, 0.6) is 0 Å². The number of quaternary nitrogens is 1. The van der Waals surface area contributed by atoms with Gasteiger partial charge in [0.1, 0.15) is 0 Å². The van der Waals surface area contributed by atoms with Crippen molar-refractivity contribution in [1.82, 2.24) is 0 Å². The van der Waals surface area contributed by atoms with Crippen LogP contribution in [0.1, 0.15) is 32.1 Å². The molecule has 0 radical (unpaired) electrons. The minimum Gasteiger partial charge on any atom is -0.546 e. The van der Waals surface area contributed by atoms with Crippen molar-refractivity contribution < 1.29 is 44.1 Å². The van der Waals surface area contributed by atoms with Crippen molar-refractivity contribution in [1.29, 1.82) is 0 Å². The Morgan fingerprint density at radius 2 is 1.65 bits per heavy atom. The molecule has 0 saturated heterocycles. The largest absolute Gasteiger partial charge is 0.546 e. The van der Waals surface area contributed by atoms with Crippen LogP contribution >= 0.6 is 15.4 Å². The SMILES string of the molecule is O=C([O-])C(O)(C(O)P(=O)=O)P(=O)=O.[NH3+]C1CCCCC1. The lowest BCUT2D eigenvalue weighted by molar-refractivity contribution is -0.425. The number of carbonyl (C=O) groups is 1.